The van der Waals surface area contributed by atoms with Crippen molar-refractivity contribution in [1.29, 1.82) is 0 Å². The molecule has 4 aromatic rings. The highest BCUT2D eigenvalue weighted by Gasteiger charge is 2.25. The monoisotopic (exact) mass is 557 g/mol. The number of imidazole rings is 1. The van der Waals surface area contributed by atoms with E-state index in [1.165, 1.54) is 6.07 Å². The number of rotatable bonds is 8. The number of aromatic nitrogens is 5. The van der Waals surface area contributed by atoms with Gasteiger partial charge < -0.3 is 18.9 Å². The lowest BCUT2D eigenvalue weighted by molar-refractivity contribution is -0.0592. The van der Waals surface area contributed by atoms with Gasteiger partial charge in [0.2, 0.25) is 5.88 Å². The maximum atomic E-state index is 14.1. The van der Waals surface area contributed by atoms with Crippen molar-refractivity contribution in [1.82, 2.24) is 29.6 Å². The van der Waals surface area contributed by atoms with Crippen molar-refractivity contribution >= 4 is 40.2 Å². The summed E-state index contributed by atoms with van der Waals surface area (Å²) in [7, 11) is 0. The third-order valence-electron chi connectivity index (χ3n) is 6.88. The van der Waals surface area contributed by atoms with Gasteiger partial charge in [-0.05, 0) is 24.6 Å². The van der Waals surface area contributed by atoms with Crippen LogP contribution in [-0.2, 0) is 24.4 Å². The number of pyridine rings is 1. The number of fused-ring (bicyclic) bond motifs is 1. The lowest BCUT2D eigenvalue weighted by atomic mass is 10.2. The fourth-order valence-corrected chi connectivity index (χ4v) is 4.98. The van der Waals surface area contributed by atoms with E-state index in [1.54, 1.807) is 24.3 Å². The van der Waals surface area contributed by atoms with Crippen molar-refractivity contribution < 1.29 is 13.9 Å². The molecule has 38 heavy (non-hydrogen) atoms. The number of nitrogens with zero attached hydrogens (tertiary/aromatic N) is 7. The van der Waals surface area contributed by atoms with E-state index in [1.807, 2.05) is 12.1 Å². The third-order valence-corrected chi connectivity index (χ3v) is 7.30. The Hall–Kier alpha value is -3.05. The molecule has 1 atom stereocenters. The summed E-state index contributed by atoms with van der Waals surface area (Å²) in [4.78, 5) is 14.1. The average molecular weight is 558 g/mol. The number of hydrogen-bond donors (Lipinski definition) is 0. The van der Waals surface area contributed by atoms with Crippen molar-refractivity contribution in [2.24, 2.45) is 0 Å². The van der Waals surface area contributed by atoms with Crippen molar-refractivity contribution in [3.8, 4) is 5.88 Å². The Balaban J connectivity index is 1.09. The van der Waals surface area contributed by atoms with Crippen molar-refractivity contribution in [3.05, 3.63) is 69.8 Å². The molecule has 0 amide bonds. The van der Waals surface area contributed by atoms with Crippen LogP contribution in [0.25, 0.3) is 11.2 Å². The number of anilines is 1. The van der Waals surface area contributed by atoms with Gasteiger partial charge in [0.1, 0.15) is 29.6 Å². The summed E-state index contributed by atoms with van der Waals surface area (Å²) < 4.78 is 27.6. The normalized spacial score (nSPS) is 18.1. The molecule has 198 valence electrons. The van der Waals surface area contributed by atoms with Crippen molar-refractivity contribution in [2.45, 2.75) is 32.2 Å². The molecule has 0 bridgehead atoms. The zero-order valence-corrected chi connectivity index (χ0v) is 22.1. The number of piperazine rings is 1. The summed E-state index contributed by atoms with van der Waals surface area (Å²) in [5.41, 5.74) is 1.91. The maximum absolute atomic E-state index is 14.1. The fraction of sp³-hybridized carbons (Fsp3) is 0.385. The molecule has 2 aliphatic rings. The molecular weight excluding hydrogens is 532 g/mol. The van der Waals surface area contributed by atoms with E-state index in [-0.39, 0.29) is 12.7 Å². The van der Waals surface area contributed by atoms with Gasteiger partial charge in [-0.1, -0.05) is 35.3 Å². The van der Waals surface area contributed by atoms with E-state index in [4.69, 9.17) is 37.7 Å². The zero-order valence-electron chi connectivity index (χ0n) is 20.6. The molecule has 3 aromatic heterocycles. The minimum atomic E-state index is -0.395. The largest absolute Gasteiger partial charge is 0.473 e. The van der Waals surface area contributed by atoms with Crippen LogP contribution >= 0.6 is 23.2 Å². The molecule has 2 fully saturated rings. The molecule has 0 aliphatic carbocycles. The van der Waals surface area contributed by atoms with Crippen LogP contribution in [0, 0.1) is 5.82 Å². The minimum Gasteiger partial charge on any atom is -0.473 e. The van der Waals surface area contributed by atoms with Crippen LogP contribution in [0.15, 0.2) is 42.5 Å². The van der Waals surface area contributed by atoms with Gasteiger partial charge in [-0.2, -0.15) is 4.98 Å². The predicted octanol–water partition coefficient (Wildman–Crippen LogP) is 4.36. The lowest BCUT2D eigenvalue weighted by Gasteiger charge is -2.35. The van der Waals surface area contributed by atoms with Crippen molar-refractivity contribution in [3.63, 3.8) is 0 Å². The molecule has 9 nitrogen and oxygen atoms in total. The lowest BCUT2D eigenvalue weighted by Crippen LogP contribution is -2.46. The van der Waals surface area contributed by atoms with Gasteiger partial charge in [0.15, 0.2) is 10.8 Å². The minimum absolute atomic E-state index is 0.0791. The second kappa shape index (κ2) is 11.0. The van der Waals surface area contributed by atoms with Crippen LogP contribution in [0.4, 0.5) is 10.2 Å². The molecule has 1 aromatic carbocycles. The molecule has 0 saturated carbocycles. The first-order valence-electron chi connectivity index (χ1n) is 12.5. The zero-order chi connectivity index (χ0) is 26.1. The van der Waals surface area contributed by atoms with Gasteiger partial charge in [0.05, 0.1) is 19.2 Å². The van der Waals surface area contributed by atoms with Crippen molar-refractivity contribution in [2.75, 3.05) is 37.7 Å². The van der Waals surface area contributed by atoms with Gasteiger partial charge >= 0.3 is 0 Å². The quantitative estimate of drug-likeness (QED) is 0.316. The molecule has 0 unspecified atom stereocenters. The smallest absolute Gasteiger partial charge is 0.215 e. The Kier molecular flexibility index (Phi) is 7.29. The van der Waals surface area contributed by atoms with Crippen LogP contribution in [-0.4, -0.2) is 68.5 Å². The van der Waals surface area contributed by atoms with Crippen LogP contribution in [0.1, 0.15) is 17.8 Å². The highest BCUT2D eigenvalue weighted by molar-refractivity contribution is 6.30. The number of benzene rings is 1. The van der Waals surface area contributed by atoms with E-state index in [9.17, 15) is 4.39 Å². The summed E-state index contributed by atoms with van der Waals surface area (Å²) in [6, 6.07) is 11.9. The second-order valence-electron chi connectivity index (χ2n) is 9.42. The molecule has 0 spiro atoms. The van der Waals surface area contributed by atoms with E-state index < -0.39 is 5.82 Å². The van der Waals surface area contributed by atoms with Gasteiger partial charge in [-0.15, -0.1) is 10.2 Å². The van der Waals surface area contributed by atoms with Gasteiger partial charge in [-0.25, -0.2) is 9.37 Å². The second-order valence-corrected chi connectivity index (χ2v) is 10.2. The molecule has 2 saturated heterocycles. The first kappa shape index (κ1) is 25.2. The average Bonchev–Trinajstić information content (AvgIpc) is 3.22. The summed E-state index contributed by atoms with van der Waals surface area (Å²) in [6.45, 7) is 5.58. The molecule has 2 aliphatic heterocycles. The van der Waals surface area contributed by atoms with Gasteiger partial charge in [-0.3, -0.25) is 4.90 Å². The Morgan fingerprint density at radius 1 is 1.03 bits per heavy atom. The van der Waals surface area contributed by atoms with E-state index >= 15 is 0 Å². The summed E-state index contributed by atoms with van der Waals surface area (Å²) >= 11 is 11.9. The highest BCUT2D eigenvalue weighted by Crippen LogP contribution is 2.24. The highest BCUT2D eigenvalue weighted by atomic mass is 35.5. The van der Waals surface area contributed by atoms with Crippen LogP contribution in [0.3, 0.4) is 0 Å². The standard InChI is InChI=1S/C26H26Cl2FN7O2/c27-18-5-4-17(20(29)12-18)16-38-25-3-1-2-23(31-25)35-9-7-34(8-10-35)15-24-30-21-13-22(28)32-33-26(21)36(24)14-19-6-11-37-19/h1-5,12-13,19H,6-11,14-16H2/t19-/m0/s1. The summed E-state index contributed by atoms with van der Waals surface area (Å²) in [6.07, 6.45) is 1.21. The Morgan fingerprint density at radius 2 is 1.87 bits per heavy atom. The van der Waals surface area contributed by atoms with Crippen LogP contribution < -0.4 is 9.64 Å². The van der Waals surface area contributed by atoms with Gasteiger partial charge in [0.25, 0.3) is 0 Å². The first-order chi connectivity index (χ1) is 18.5. The third kappa shape index (κ3) is 5.54. The molecular formula is C26H26Cl2FN7O2. The summed E-state index contributed by atoms with van der Waals surface area (Å²) in [5, 5.41) is 9.01. The maximum Gasteiger partial charge on any atom is 0.215 e. The molecule has 6 rings (SSSR count). The molecule has 5 heterocycles. The van der Waals surface area contributed by atoms with E-state index in [0.717, 1.165) is 62.0 Å². The Bertz CT molecular complexity index is 1440. The number of hydrogen-bond acceptors (Lipinski definition) is 8. The number of ether oxygens (including phenoxy) is 2. The number of halogens is 3. The molecule has 0 N–H and O–H groups in total. The van der Waals surface area contributed by atoms with Crippen LogP contribution in [0.5, 0.6) is 5.88 Å². The van der Waals surface area contributed by atoms with E-state index in [2.05, 4.69) is 29.5 Å². The predicted molar refractivity (Wildman–Crippen MR) is 142 cm³/mol. The Morgan fingerprint density at radius 3 is 2.63 bits per heavy atom. The van der Waals surface area contributed by atoms with Gasteiger partial charge in [0, 0.05) is 55.5 Å². The van der Waals surface area contributed by atoms with E-state index in [0.29, 0.717) is 34.7 Å². The fourth-order valence-electron chi connectivity index (χ4n) is 4.68. The molecule has 12 heteroatoms. The topological polar surface area (TPSA) is 81.4 Å². The SMILES string of the molecule is Fc1cc(Cl)ccc1COc1cccc(N2CCN(Cc3nc4cc(Cl)nnc4n3C[C@@H]3CCO3)CC2)n1. The summed E-state index contributed by atoms with van der Waals surface area (Å²) in [5.74, 6) is 1.82. The molecule has 0 radical (unpaired) electrons. The first-order valence-corrected chi connectivity index (χ1v) is 13.3. The Labute approximate surface area is 229 Å². The van der Waals surface area contributed by atoms with Crippen LogP contribution in [0.2, 0.25) is 10.2 Å².